The molecule has 19 heteroatoms. The lowest BCUT2D eigenvalue weighted by atomic mass is 9.95. The highest BCUT2D eigenvalue weighted by molar-refractivity contribution is 5.93. The Morgan fingerprint density at radius 2 is 1.50 bits per heavy atom. The molecule has 272 valence electrons. The van der Waals surface area contributed by atoms with Crippen molar-refractivity contribution in [2.24, 2.45) is 22.9 Å². The number of phenols is 2. The molecule has 2 aromatic rings. The molecule has 1 aliphatic rings. The van der Waals surface area contributed by atoms with Crippen LogP contribution in [0.5, 0.6) is 11.5 Å². The molecule has 4 amide bonds. The van der Waals surface area contributed by atoms with Crippen LogP contribution in [0.25, 0.3) is 11.1 Å². The highest BCUT2D eigenvalue weighted by Gasteiger charge is 2.35. The molecule has 0 saturated heterocycles. The Kier molecular flexibility index (Phi) is 21.3. The van der Waals surface area contributed by atoms with E-state index in [9.17, 15) is 34.5 Å². The van der Waals surface area contributed by atoms with Gasteiger partial charge in [-0.05, 0) is 46.5 Å². The summed E-state index contributed by atoms with van der Waals surface area (Å²) in [6.45, 7) is -0.0685. The average molecular weight is 761 g/mol. The van der Waals surface area contributed by atoms with E-state index in [4.69, 9.17) is 22.9 Å². The first-order valence-electron chi connectivity index (χ1n) is 14.2. The van der Waals surface area contributed by atoms with E-state index < -0.39 is 53.9 Å². The predicted molar refractivity (Wildman–Crippen MR) is 191 cm³/mol. The smallest absolute Gasteiger partial charge is 0.245 e. The van der Waals surface area contributed by atoms with Crippen LogP contribution in [0, 0.1) is 0 Å². The van der Waals surface area contributed by atoms with Crippen LogP contribution in [-0.2, 0) is 32.0 Å². The molecule has 48 heavy (non-hydrogen) atoms. The fourth-order valence-electron chi connectivity index (χ4n) is 4.82. The number of hydrogen-bond acceptors (Lipinski definition) is 11. The Morgan fingerprint density at radius 1 is 0.958 bits per heavy atom. The van der Waals surface area contributed by atoms with Crippen molar-refractivity contribution in [3.63, 3.8) is 0 Å². The van der Waals surface area contributed by atoms with Crippen molar-refractivity contribution < 1.29 is 34.5 Å². The number of nitrogens with two attached hydrogens (primary N) is 4. The molecule has 1 heterocycles. The Balaban J connectivity index is 0. The number of hydrogen-bond donors (Lipinski definition) is 10. The first-order valence-corrected chi connectivity index (χ1v) is 14.2. The van der Waals surface area contributed by atoms with Crippen LogP contribution in [0.15, 0.2) is 36.4 Å². The molecule has 0 saturated carbocycles. The van der Waals surface area contributed by atoms with Gasteiger partial charge in [0.2, 0.25) is 23.6 Å². The second kappa shape index (κ2) is 21.8. The van der Waals surface area contributed by atoms with E-state index in [0.717, 1.165) is 4.90 Å². The van der Waals surface area contributed by atoms with E-state index in [1.807, 2.05) is 0 Å². The quantitative estimate of drug-likeness (QED) is 0.139. The SMILES string of the molecule is CN1C(=O)[C@H](C[C@@H](O)CN)NC(=O)[C@@H](N)Cc2cc(ccc2O)-c2ccc(O)c(c2)C[C@H]1C(=O)NC[C@H](N)C(=O)NCCN.Cl.Cl.Cl.Cl. The van der Waals surface area contributed by atoms with Gasteiger partial charge in [-0.15, -0.1) is 49.6 Å². The molecule has 2 aromatic carbocycles. The third kappa shape index (κ3) is 12.4. The van der Waals surface area contributed by atoms with Gasteiger partial charge in [0.15, 0.2) is 0 Å². The van der Waals surface area contributed by atoms with Crippen LogP contribution in [0.4, 0.5) is 0 Å². The summed E-state index contributed by atoms with van der Waals surface area (Å²) in [5.74, 6) is -2.91. The number of fused-ring (bicyclic) bond motifs is 5. The van der Waals surface area contributed by atoms with Gasteiger partial charge in [-0.2, -0.15) is 0 Å². The van der Waals surface area contributed by atoms with Gasteiger partial charge >= 0.3 is 0 Å². The fraction of sp³-hybridized carbons (Fsp3) is 0.448. The van der Waals surface area contributed by atoms with Crippen molar-refractivity contribution in [3.8, 4) is 22.6 Å². The predicted octanol–water partition coefficient (Wildman–Crippen LogP) is -1.58. The number of likely N-dealkylation sites (N-methyl/N-ethyl adjacent to an activating group) is 1. The molecular formula is C29H46Cl4N8O7. The van der Waals surface area contributed by atoms with Gasteiger partial charge in [-0.25, -0.2) is 0 Å². The zero-order valence-electron chi connectivity index (χ0n) is 26.2. The third-order valence-electron chi connectivity index (χ3n) is 7.47. The largest absolute Gasteiger partial charge is 0.508 e. The van der Waals surface area contributed by atoms with Crippen LogP contribution in [0.2, 0.25) is 0 Å². The molecule has 1 aliphatic heterocycles. The molecule has 0 aliphatic carbocycles. The van der Waals surface area contributed by atoms with Gasteiger partial charge in [-0.3, -0.25) is 19.2 Å². The maximum absolute atomic E-state index is 13.8. The lowest BCUT2D eigenvalue weighted by Gasteiger charge is -2.32. The molecular weight excluding hydrogens is 714 g/mol. The first kappa shape index (κ1) is 47.0. The van der Waals surface area contributed by atoms with Crippen LogP contribution in [0.1, 0.15) is 17.5 Å². The minimum atomic E-state index is -1.33. The van der Waals surface area contributed by atoms with Gasteiger partial charge in [-0.1, -0.05) is 12.1 Å². The molecule has 0 radical (unpaired) electrons. The number of benzene rings is 2. The molecule has 0 fully saturated rings. The van der Waals surface area contributed by atoms with Crippen molar-refractivity contribution >= 4 is 73.3 Å². The second-order valence-corrected chi connectivity index (χ2v) is 10.8. The summed E-state index contributed by atoms with van der Waals surface area (Å²) >= 11 is 0. The Bertz CT molecular complexity index is 1380. The topological polar surface area (TPSA) is 272 Å². The number of halogens is 4. The number of rotatable bonds is 9. The number of carbonyl (C=O) groups is 4. The van der Waals surface area contributed by atoms with E-state index in [0.29, 0.717) is 22.3 Å². The average Bonchev–Trinajstić information content (AvgIpc) is 3.01. The van der Waals surface area contributed by atoms with Crippen molar-refractivity contribution in [2.75, 3.05) is 33.2 Å². The van der Waals surface area contributed by atoms with E-state index in [1.165, 1.54) is 19.2 Å². The molecule has 5 atom stereocenters. The highest BCUT2D eigenvalue weighted by atomic mass is 35.5. The van der Waals surface area contributed by atoms with E-state index in [-0.39, 0.29) is 107 Å². The molecule has 3 rings (SSSR count). The molecule has 4 bridgehead atoms. The van der Waals surface area contributed by atoms with Crippen molar-refractivity contribution in [1.82, 2.24) is 20.9 Å². The van der Waals surface area contributed by atoms with Crippen LogP contribution < -0.4 is 38.9 Å². The zero-order valence-corrected chi connectivity index (χ0v) is 29.4. The normalized spacial score (nSPS) is 18.8. The van der Waals surface area contributed by atoms with Crippen LogP contribution >= 0.6 is 49.6 Å². The van der Waals surface area contributed by atoms with Gasteiger partial charge in [0.25, 0.3) is 0 Å². The summed E-state index contributed by atoms with van der Waals surface area (Å²) in [5, 5.41) is 39.2. The minimum absolute atomic E-state index is 0. The van der Waals surface area contributed by atoms with E-state index in [1.54, 1.807) is 24.3 Å². The molecule has 0 unspecified atom stereocenters. The standard InChI is InChI=1S/C29H42N8O7.4ClH/c1-37-23(28(43)35-14-21(33)26(41)34-7-6-30)11-18-9-16(3-5-25(18)40)15-2-4-24(39)17(8-15)10-20(32)27(42)36-22(29(37)44)12-19(38)13-31;;;;/h2-5,8-9,19-23,38-40H,6-7,10-14,30-33H2,1H3,(H,34,41)(H,35,43)(H,36,42);4*1H/t19-,20+,21+,22+,23+;;;;/m1..../s1. The van der Waals surface area contributed by atoms with E-state index >= 15 is 0 Å². The Labute approximate surface area is 303 Å². The number of aliphatic hydroxyl groups excluding tert-OH is 1. The van der Waals surface area contributed by atoms with E-state index in [2.05, 4.69) is 16.0 Å². The van der Waals surface area contributed by atoms with Crippen molar-refractivity contribution in [2.45, 2.75) is 49.5 Å². The fourth-order valence-corrected chi connectivity index (χ4v) is 4.82. The molecule has 15 nitrogen and oxygen atoms in total. The Morgan fingerprint density at radius 3 is 2.02 bits per heavy atom. The van der Waals surface area contributed by atoms with Crippen molar-refractivity contribution in [1.29, 1.82) is 0 Å². The van der Waals surface area contributed by atoms with Crippen molar-refractivity contribution in [3.05, 3.63) is 47.5 Å². The molecule has 0 aromatic heterocycles. The number of nitrogens with zero attached hydrogens (tertiary/aromatic N) is 1. The number of carbonyl (C=O) groups excluding carboxylic acids is 4. The summed E-state index contributed by atoms with van der Waals surface area (Å²) in [7, 11) is 1.34. The highest BCUT2D eigenvalue weighted by Crippen LogP contribution is 2.31. The van der Waals surface area contributed by atoms with Gasteiger partial charge in [0.05, 0.1) is 12.1 Å². The first-order chi connectivity index (χ1) is 20.9. The summed E-state index contributed by atoms with van der Waals surface area (Å²) in [6, 6.07) is 4.63. The molecule has 0 spiro atoms. The van der Waals surface area contributed by atoms with Crippen LogP contribution in [-0.4, -0.2) is 107 Å². The third-order valence-corrected chi connectivity index (χ3v) is 7.47. The zero-order chi connectivity index (χ0) is 32.6. The number of amides is 4. The maximum Gasteiger partial charge on any atom is 0.245 e. The minimum Gasteiger partial charge on any atom is -0.508 e. The summed E-state index contributed by atoms with van der Waals surface area (Å²) in [5.41, 5.74) is 25.0. The van der Waals surface area contributed by atoms with Gasteiger partial charge in [0.1, 0.15) is 29.6 Å². The van der Waals surface area contributed by atoms with Gasteiger partial charge in [0, 0.05) is 52.5 Å². The number of aliphatic hydroxyl groups is 1. The lowest BCUT2D eigenvalue weighted by Crippen LogP contribution is -2.58. The van der Waals surface area contributed by atoms with Gasteiger partial charge < -0.3 is 59.1 Å². The molecule has 14 N–H and O–H groups in total. The summed E-state index contributed by atoms with van der Waals surface area (Å²) in [4.78, 5) is 53.8. The number of nitrogens with one attached hydrogen (secondary N) is 3. The maximum atomic E-state index is 13.8. The monoisotopic (exact) mass is 758 g/mol. The number of phenolic OH excluding ortho intramolecular Hbond substituents is 2. The summed E-state index contributed by atoms with van der Waals surface area (Å²) in [6.07, 6.45) is -1.70. The van der Waals surface area contributed by atoms with Crippen LogP contribution in [0.3, 0.4) is 0 Å². The lowest BCUT2D eigenvalue weighted by molar-refractivity contribution is -0.142. The number of aromatic hydroxyl groups is 2. The Hall–Kier alpha value is -3.12. The summed E-state index contributed by atoms with van der Waals surface area (Å²) < 4.78 is 0. The second-order valence-electron chi connectivity index (χ2n) is 10.8.